The van der Waals surface area contributed by atoms with Crippen molar-refractivity contribution < 1.29 is 9.53 Å². The van der Waals surface area contributed by atoms with Crippen molar-refractivity contribution in [2.45, 2.75) is 13.0 Å². The molecule has 0 saturated heterocycles. The maximum absolute atomic E-state index is 11.5. The number of nitrogens with one attached hydrogen (secondary N) is 1. The molecule has 0 heterocycles. The van der Waals surface area contributed by atoms with Crippen LogP contribution < -0.4 is 5.32 Å². The van der Waals surface area contributed by atoms with Gasteiger partial charge in [0.2, 0.25) is 0 Å². The number of benzene rings is 2. The van der Waals surface area contributed by atoms with Gasteiger partial charge in [0.05, 0.1) is 6.54 Å². The monoisotopic (exact) mass is 303 g/mol. The lowest BCUT2D eigenvalue weighted by Gasteiger charge is -2.09. The summed E-state index contributed by atoms with van der Waals surface area (Å²) in [6, 6.07) is 14.6. The van der Waals surface area contributed by atoms with Gasteiger partial charge in [0.25, 0.3) is 0 Å². The Balaban J connectivity index is 0.00000161. The summed E-state index contributed by atoms with van der Waals surface area (Å²) < 4.78 is 5.29. The van der Waals surface area contributed by atoms with Crippen molar-refractivity contribution in [1.29, 1.82) is 0 Å². The summed E-state index contributed by atoms with van der Waals surface area (Å²) in [7, 11) is 1.73. The van der Waals surface area contributed by atoms with E-state index in [0.717, 1.165) is 12.0 Å². The smallest absolute Gasteiger partial charge is 0.320 e. The van der Waals surface area contributed by atoms with E-state index in [1.54, 1.807) is 7.05 Å². The Hall–Kier alpha value is -1.84. The maximum Gasteiger partial charge on any atom is 0.320 e. The topological polar surface area (TPSA) is 38.3 Å². The Labute approximate surface area is 130 Å². The molecule has 1 aliphatic rings. The lowest BCUT2D eigenvalue weighted by Crippen LogP contribution is -2.20. The first-order chi connectivity index (χ1) is 9.79. The van der Waals surface area contributed by atoms with E-state index in [9.17, 15) is 4.79 Å². The van der Waals surface area contributed by atoms with Crippen LogP contribution >= 0.6 is 12.4 Å². The van der Waals surface area contributed by atoms with Gasteiger partial charge >= 0.3 is 5.97 Å². The first-order valence-corrected chi connectivity index (χ1v) is 6.79. The predicted octanol–water partition coefficient (Wildman–Crippen LogP) is 2.94. The number of hydrogen-bond donors (Lipinski definition) is 1. The largest absolute Gasteiger partial charge is 0.460 e. The SMILES string of the molecule is CNCC(=O)OCc1cccc2c1Cc1ccccc1-2.Cl. The molecule has 3 rings (SSSR count). The van der Waals surface area contributed by atoms with Crippen LogP contribution in [0, 0.1) is 0 Å². The summed E-state index contributed by atoms with van der Waals surface area (Å²) in [5, 5.41) is 2.80. The molecule has 110 valence electrons. The number of ether oxygens (including phenoxy) is 1. The number of fused-ring (bicyclic) bond motifs is 3. The van der Waals surface area contributed by atoms with Gasteiger partial charge < -0.3 is 10.1 Å². The molecule has 0 aromatic heterocycles. The highest BCUT2D eigenvalue weighted by atomic mass is 35.5. The fraction of sp³-hybridized carbons (Fsp3) is 0.235. The Bertz CT molecular complexity index is 655. The van der Waals surface area contributed by atoms with Crippen LogP contribution in [0.3, 0.4) is 0 Å². The van der Waals surface area contributed by atoms with Crippen LogP contribution in [0.25, 0.3) is 11.1 Å². The zero-order valence-corrected chi connectivity index (χ0v) is 12.7. The molecule has 4 heteroatoms. The summed E-state index contributed by atoms with van der Waals surface area (Å²) in [5.41, 5.74) is 6.29. The average molecular weight is 304 g/mol. The second kappa shape index (κ2) is 6.74. The minimum Gasteiger partial charge on any atom is -0.460 e. The third kappa shape index (κ3) is 3.09. The molecule has 0 bridgehead atoms. The molecule has 3 nitrogen and oxygen atoms in total. The third-order valence-corrected chi connectivity index (χ3v) is 3.66. The quantitative estimate of drug-likeness (QED) is 0.753. The van der Waals surface area contributed by atoms with E-state index < -0.39 is 0 Å². The molecule has 1 N–H and O–H groups in total. The number of halogens is 1. The van der Waals surface area contributed by atoms with Crippen molar-refractivity contribution in [3.8, 4) is 11.1 Å². The highest BCUT2D eigenvalue weighted by Crippen LogP contribution is 2.38. The second-order valence-corrected chi connectivity index (χ2v) is 4.97. The van der Waals surface area contributed by atoms with Crippen LogP contribution in [0.4, 0.5) is 0 Å². The zero-order chi connectivity index (χ0) is 13.9. The molecule has 0 atom stereocenters. The molecule has 0 radical (unpaired) electrons. The number of rotatable bonds is 4. The van der Waals surface area contributed by atoms with Gasteiger partial charge in [-0.2, -0.15) is 0 Å². The van der Waals surface area contributed by atoms with E-state index in [4.69, 9.17) is 4.74 Å². The molecule has 21 heavy (non-hydrogen) atoms. The highest BCUT2D eigenvalue weighted by molar-refractivity contribution is 5.85. The second-order valence-electron chi connectivity index (χ2n) is 4.97. The predicted molar refractivity (Wildman–Crippen MR) is 85.7 cm³/mol. The van der Waals surface area contributed by atoms with Crippen LogP contribution in [0.1, 0.15) is 16.7 Å². The number of carbonyl (C=O) groups is 1. The van der Waals surface area contributed by atoms with Gasteiger partial charge in [-0.15, -0.1) is 12.4 Å². The zero-order valence-electron chi connectivity index (χ0n) is 11.9. The van der Waals surface area contributed by atoms with Gasteiger partial charge in [-0.1, -0.05) is 42.5 Å². The van der Waals surface area contributed by atoms with Crippen molar-refractivity contribution in [1.82, 2.24) is 5.32 Å². The van der Waals surface area contributed by atoms with Gasteiger partial charge in [0, 0.05) is 0 Å². The lowest BCUT2D eigenvalue weighted by atomic mass is 10.0. The van der Waals surface area contributed by atoms with Gasteiger partial charge in [0.15, 0.2) is 0 Å². The summed E-state index contributed by atoms with van der Waals surface area (Å²) in [6.07, 6.45) is 0.922. The van der Waals surface area contributed by atoms with Crippen LogP contribution in [0.2, 0.25) is 0 Å². The summed E-state index contributed by atoms with van der Waals surface area (Å²) in [6.45, 7) is 0.590. The molecular formula is C17H18ClNO2. The van der Waals surface area contributed by atoms with Gasteiger partial charge in [-0.3, -0.25) is 4.79 Å². The molecule has 2 aromatic rings. The molecule has 0 amide bonds. The third-order valence-electron chi connectivity index (χ3n) is 3.66. The molecule has 0 aliphatic heterocycles. The van der Waals surface area contributed by atoms with Gasteiger partial charge in [-0.25, -0.2) is 0 Å². The maximum atomic E-state index is 11.5. The molecule has 0 spiro atoms. The standard InChI is InChI=1S/C17H17NO2.ClH/c1-18-10-17(19)20-11-13-6-4-8-15-14-7-3-2-5-12(14)9-16(13)15;/h2-8,18H,9-11H2,1H3;1H. The first kappa shape index (κ1) is 15.5. The van der Waals surface area contributed by atoms with E-state index >= 15 is 0 Å². The molecule has 0 fully saturated rings. The van der Waals surface area contributed by atoms with Crippen molar-refractivity contribution in [3.05, 3.63) is 59.2 Å². The Morgan fingerprint density at radius 1 is 1.14 bits per heavy atom. The first-order valence-electron chi connectivity index (χ1n) is 6.79. The van der Waals surface area contributed by atoms with E-state index in [0.29, 0.717) is 6.61 Å². The van der Waals surface area contributed by atoms with Crippen molar-refractivity contribution in [2.24, 2.45) is 0 Å². The van der Waals surface area contributed by atoms with Crippen LogP contribution in [-0.4, -0.2) is 19.6 Å². The highest BCUT2D eigenvalue weighted by Gasteiger charge is 2.20. The van der Waals surface area contributed by atoms with Crippen LogP contribution in [0.5, 0.6) is 0 Å². The fourth-order valence-electron chi connectivity index (χ4n) is 2.71. The number of hydrogen-bond acceptors (Lipinski definition) is 3. The summed E-state index contributed by atoms with van der Waals surface area (Å²) in [5.74, 6) is -0.222. The Morgan fingerprint density at radius 2 is 1.90 bits per heavy atom. The van der Waals surface area contributed by atoms with Crippen molar-refractivity contribution in [3.63, 3.8) is 0 Å². The van der Waals surface area contributed by atoms with Crippen LogP contribution in [-0.2, 0) is 22.6 Å². The number of esters is 1. The Kier molecular flexibility index (Phi) is 4.99. The number of likely N-dealkylation sites (N-methyl/N-ethyl adjacent to an activating group) is 1. The normalized spacial score (nSPS) is 11.3. The van der Waals surface area contributed by atoms with Gasteiger partial charge in [0.1, 0.15) is 6.61 Å². The molecule has 1 aliphatic carbocycles. The van der Waals surface area contributed by atoms with E-state index in [-0.39, 0.29) is 24.9 Å². The fourth-order valence-corrected chi connectivity index (χ4v) is 2.71. The molecule has 0 unspecified atom stereocenters. The van der Waals surface area contributed by atoms with Crippen molar-refractivity contribution in [2.75, 3.05) is 13.6 Å². The summed E-state index contributed by atoms with van der Waals surface area (Å²) in [4.78, 5) is 11.5. The number of carbonyl (C=O) groups excluding carboxylic acids is 1. The van der Waals surface area contributed by atoms with Crippen molar-refractivity contribution >= 4 is 18.4 Å². The van der Waals surface area contributed by atoms with E-state index in [2.05, 4.69) is 35.6 Å². The average Bonchev–Trinajstić information content (AvgIpc) is 2.84. The Morgan fingerprint density at radius 3 is 2.71 bits per heavy atom. The van der Waals surface area contributed by atoms with Gasteiger partial charge in [-0.05, 0) is 41.3 Å². The molecule has 0 saturated carbocycles. The minimum absolute atomic E-state index is 0. The minimum atomic E-state index is -0.222. The summed E-state index contributed by atoms with van der Waals surface area (Å²) >= 11 is 0. The molecule has 2 aromatic carbocycles. The van der Waals surface area contributed by atoms with E-state index in [1.807, 2.05) is 12.1 Å². The van der Waals surface area contributed by atoms with E-state index in [1.165, 1.54) is 22.3 Å². The lowest BCUT2D eigenvalue weighted by molar-refractivity contribution is -0.143. The molecular weight excluding hydrogens is 286 g/mol. The van der Waals surface area contributed by atoms with Crippen LogP contribution in [0.15, 0.2) is 42.5 Å².